The lowest BCUT2D eigenvalue weighted by atomic mass is 10.00. The van der Waals surface area contributed by atoms with Crippen LogP contribution >= 0.6 is 0 Å². The fraction of sp³-hybridized carbons (Fsp3) is 0.300. The Labute approximate surface area is 161 Å². The number of nitrogens with one attached hydrogen (secondary N) is 2. The van der Waals surface area contributed by atoms with E-state index in [1.807, 2.05) is 6.07 Å². The third-order valence-corrected chi connectivity index (χ3v) is 4.63. The Balaban J connectivity index is 1.67. The molecule has 2 atom stereocenters. The molecule has 1 aromatic carbocycles. The Morgan fingerprint density at radius 2 is 2.07 bits per heavy atom. The van der Waals surface area contributed by atoms with Gasteiger partial charge in [0.1, 0.15) is 11.9 Å². The minimum atomic E-state index is -0.904. The van der Waals surface area contributed by atoms with E-state index in [1.165, 1.54) is 24.3 Å². The molecule has 1 saturated heterocycles. The van der Waals surface area contributed by atoms with E-state index in [4.69, 9.17) is 0 Å². The van der Waals surface area contributed by atoms with Gasteiger partial charge in [-0.25, -0.2) is 9.18 Å². The summed E-state index contributed by atoms with van der Waals surface area (Å²) in [5.41, 5.74) is 1.45. The molecule has 2 N–H and O–H groups in total. The van der Waals surface area contributed by atoms with Crippen LogP contribution < -0.4 is 10.6 Å². The fourth-order valence-electron chi connectivity index (χ4n) is 3.16. The van der Waals surface area contributed by atoms with Crippen molar-refractivity contribution < 1.29 is 18.8 Å². The quantitative estimate of drug-likeness (QED) is 0.800. The predicted octanol–water partition coefficient (Wildman–Crippen LogP) is 2.30. The van der Waals surface area contributed by atoms with Gasteiger partial charge in [-0.2, -0.15) is 0 Å². The summed E-state index contributed by atoms with van der Waals surface area (Å²) in [6.45, 7) is 1.99. The average molecular weight is 384 g/mol. The Kier molecular flexibility index (Phi) is 5.98. The highest BCUT2D eigenvalue weighted by Gasteiger charge is 2.39. The second-order valence-electron chi connectivity index (χ2n) is 6.52. The monoisotopic (exact) mass is 384 g/mol. The lowest BCUT2D eigenvalue weighted by molar-refractivity contribution is -0.139. The third kappa shape index (κ3) is 4.33. The molecule has 2 heterocycles. The van der Waals surface area contributed by atoms with Crippen LogP contribution in [-0.2, 0) is 16.1 Å². The Morgan fingerprint density at radius 3 is 2.68 bits per heavy atom. The largest absolute Gasteiger partial charge is 0.350 e. The Hall–Kier alpha value is -3.29. The molecule has 3 rings (SSSR count). The van der Waals surface area contributed by atoms with E-state index in [9.17, 15) is 18.8 Å². The van der Waals surface area contributed by atoms with Gasteiger partial charge in [0.05, 0.1) is 12.5 Å². The topological polar surface area (TPSA) is 91.4 Å². The molecule has 1 fully saturated rings. The van der Waals surface area contributed by atoms with Crippen molar-refractivity contribution in [2.45, 2.75) is 38.4 Å². The molecule has 146 valence electrons. The van der Waals surface area contributed by atoms with E-state index >= 15 is 0 Å². The maximum absolute atomic E-state index is 13.1. The molecule has 0 spiro atoms. The van der Waals surface area contributed by atoms with Crippen LogP contribution in [0.15, 0.2) is 48.8 Å². The first-order valence-corrected chi connectivity index (χ1v) is 9.04. The van der Waals surface area contributed by atoms with Crippen LogP contribution in [0.4, 0.5) is 9.18 Å². The van der Waals surface area contributed by atoms with Gasteiger partial charge in [-0.3, -0.25) is 19.5 Å². The highest BCUT2D eigenvalue weighted by Crippen LogP contribution is 2.24. The lowest BCUT2D eigenvalue weighted by Crippen LogP contribution is -2.59. The maximum Gasteiger partial charge on any atom is 0.325 e. The number of rotatable bonds is 6. The van der Waals surface area contributed by atoms with Crippen LogP contribution in [0.2, 0.25) is 0 Å². The molecule has 0 radical (unpaired) electrons. The van der Waals surface area contributed by atoms with Crippen LogP contribution in [0.1, 0.15) is 36.9 Å². The second kappa shape index (κ2) is 8.60. The first kappa shape index (κ1) is 19.5. The molecule has 1 aliphatic heterocycles. The van der Waals surface area contributed by atoms with Gasteiger partial charge in [-0.15, -0.1) is 0 Å². The molecule has 7 nitrogen and oxygen atoms in total. The number of benzene rings is 1. The maximum atomic E-state index is 13.1. The van der Waals surface area contributed by atoms with Crippen LogP contribution in [0, 0.1) is 5.82 Å². The zero-order valence-corrected chi connectivity index (χ0v) is 15.4. The molecule has 0 bridgehead atoms. The SMILES string of the molecule is CCC(C(=O)NCc1cccnc1)N1C(=O)CC(c2ccc(F)cc2)NC1=O. The molecule has 2 unspecified atom stereocenters. The van der Waals surface area contributed by atoms with Gasteiger partial charge in [-0.05, 0) is 35.7 Å². The van der Waals surface area contributed by atoms with Crippen LogP contribution in [0.5, 0.6) is 0 Å². The first-order valence-electron chi connectivity index (χ1n) is 9.04. The summed E-state index contributed by atoms with van der Waals surface area (Å²) in [5.74, 6) is -1.24. The zero-order valence-electron chi connectivity index (χ0n) is 15.4. The first-order chi connectivity index (χ1) is 13.5. The van der Waals surface area contributed by atoms with Crippen LogP contribution in [0.25, 0.3) is 0 Å². The van der Waals surface area contributed by atoms with Gasteiger partial charge in [0, 0.05) is 18.9 Å². The van der Waals surface area contributed by atoms with Gasteiger partial charge in [0.2, 0.25) is 11.8 Å². The number of hydrogen-bond donors (Lipinski definition) is 2. The highest BCUT2D eigenvalue weighted by molar-refractivity contribution is 6.02. The van der Waals surface area contributed by atoms with Gasteiger partial charge >= 0.3 is 6.03 Å². The van der Waals surface area contributed by atoms with E-state index in [2.05, 4.69) is 15.6 Å². The van der Waals surface area contributed by atoms with E-state index in [0.29, 0.717) is 12.0 Å². The van der Waals surface area contributed by atoms with Crippen molar-refractivity contribution in [1.29, 1.82) is 0 Å². The van der Waals surface area contributed by atoms with E-state index < -0.39 is 35.7 Å². The fourth-order valence-corrected chi connectivity index (χ4v) is 3.16. The summed E-state index contributed by atoms with van der Waals surface area (Å²) in [7, 11) is 0. The normalized spacial score (nSPS) is 17.8. The number of carbonyl (C=O) groups is 3. The molecule has 2 aromatic rings. The number of hydrogen-bond acceptors (Lipinski definition) is 4. The van der Waals surface area contributed by atoms with Crippen molar-refractivity contribution in [2.24, 2.45) is 0 Å². The molecular weight excluding hydrogens is 363 g/mol. The number of carbonyl (C=O) groups excluding carboxylic acids is 3. The van der Waals surface area contributed by atoms with E-state index in [0.717, 1.165) is 10.5 Å². The number of pyridine rings is 1. The summed E-state index contributed by atoms with van der Waals surface area (Å²) in [4.78, 5) is 42.7. The molecule has 1 aromatic heterocycles. The zero-order chi connectivity index (χ0) is 20.1. The number of nitrogens with zero attached hydrogens (tertiary/aromatic N) is 2. The smallest absolute Gasteiger partial charge is 0.325 e. The number of halogens is 1. The molecule has 1 aliphatic rings. The molecule has 28 heavy (non-hydrogen) atoms. The van der Waals surface area contributed by atoms with Crippen molar-refractivity contribution >= 4 is 17.8 Å². The summed E-state index contributed by atoms with van der Waals surface area (Å²) >= 11 is 0. The van der Waals surface area contributed by atoms with E-state index in [-0.39, 0.29) is 13.0 Å². The van der Waals surface area contributed by atoms with Crippen molar-refractivity contribution in [3.05, 3.63) is 65.7 Å². The number of imide groups is 1. The Morgan fingerprint density at radius 1 is 1.32 bits per heavy atom. The Bertz CT molecular complexity index is 840. The van der Waals surface area contributed by atoms with Crippen LogP contribution in [0.3, 0.4) is 0 Å². The summed E-state index contributed by atoms with van der Waals surface area (Å²) in [5, 5.41) is 5.47. The molecule has 0 saturated carbocycles. The summed E-state index contributed by atoms with van der Waals surface area (Å²) in [6, 6.07) is 7.11. The molecular formula is C20H21FN4O3. The minimum absolute atomic E-state index is 0.00373. The van der Waals surface area contributed by atoms with Gasteiger partial charge in [0.25, 0.3) is 0 Å². The van der Waals surface area contributed by atoms with Crippen LogP contribution in [-0.4, -0.2) is 33.8 Å². The van der Waals surface area contributed by atoms with Crippen molar-refractivity contribution in [1.82, 2.24) is 20.5 Å². The van der Waals surface area contributed by atoms with Crippen molar-refractivity contribution in [3.8, 4) is 0 Å². The molecule has 4 amide bonds. The van der Waals surface area contributed by atoms with Crippen molar-refractivity contribution in [2.75, 3.05) is 0 Å². The predicted molar refractivity (Wildman–Crippen MR) is 99.3 cm³/mol. The standard InChI is InChI=1S/C20H21FN4O3/c1-2-17(19(27)23-12-13-4-3-9-22-11-13)25-18(26)10-16(24-20(25)28)14-5-7-15(21)8-6-14/h3-9,11,16-17H,2,10,12H2,1H3,(H,23,27)(H,24,28). The van der Waals surface area contributed by atoms with Crippen molar-refractivity contribution in [3.63, 3.8) is 0 Å². The van der Waals surface area contributed by atoms with Gasteiger partial charge < -0.3 is 10.6 Å². The highest BCUT2D eigenvalue weighted by atomic mass is 19.1. The van der Waals surface area contributed by atoms with E-state index in [1.54, 1.807) is 25.4 Å². The molecule has 8 heteroatoms. The number of amides is 4. The third-order valence-electron chi connectivity index (χ3n) is 4.63. The molecule has 0 aliphatic carbocycles. The van der Waals surface area contributed by atoms with Gasteiger partial charge in [0.15, 0.2) is 0 Å². The summed E-state index contributed by atoms with van der Waals surface area (Å²) in [6.07, 6.45) is 3.56. The number of aromatic nitrogens is 1. The number of urea groups is 1. The van der Waals surface area contributed by atoms with Gasteiger partial charge in [-0.1, -0.05) is 25.1 Å². The summed E-state index contributed by atoms with van der Waals surface area (Å²) < 4.78 is 13.1. The second-order valence-corrected chi connectivity index (χ2v) is 6.52. The lowest BCUT2D eigenvalue weighted by Gasteiger charge is -2.35. The minimum Gasteiger partial charge on any atom is -0.350 e. The average Bonchev–Trinajstić information content (AvgIpc) is 2.70.